The first-order chi connectivity index (χ1) is 8.00. The van der Waals surface area contributed by atoms with Gasteiger partial charge in [0, 0.05) is 4.47 Å². The molecule has 17 heavy (non-hydrogen) atoms. The molecule has 2 N–H and O–H groups in total. The van der Waals surface area contributed by atoms with Crippen LogP contribution >= 0.6 is 27.3 Å². The summed E-state index contributed by atoms with van der Waals surface area (Å²) < 4.78 is 27.4. The average molecular weight is 337 g/mol. The Labute approximate surface area is 111 Å². The minimum Gasteiger partial charge on any atom is -0.262 e. The van der Waals surface area contributed by atoms with Gasteiger partial charge in [-0.05, 0) is 34.3 Å². The molecule has 0 bridgehead atoms. The summed E-state index contributed by atoms with van der Waals surface area (Å²) >= 11 is 4.35. The van der Waals surface area contributed by atoms with E-state index in [4.69, 9.17) is 0 Å². The number of nitrogens with zero attached hydrogens (tertiary/aromatic N) is 2. The fourth-order valence-corrected chi connectivity index (χ4v) is 4.80. The van der Waals surface area contributed by atoms with Crippen molar-refractivity contribution in [3.05, 3.63) is 28.1 Å². The van der Waals surface area contributed by atoms with E-state index in [1.54, 1.807) is 18.4 Å². The van der Waals surface area contributed by atoms with E-state index in [2.05, 4.69) is 35.8 Å². The topological polar surface area (TPSA) is 87.7 Å². The van der Waals surface area contributed by atoms with E-state index in [1.165, 1.54) is 6.33 Å². The maximum atomic E-state index is 12.0. The highest BCUT2D eigenvalue weighted by molar-refractivity contribution is 9.10. The second-order valence-corrected chi connectivity index (χ2v) is 6.95. The fraction of sp³-hybridized carbons (Fsp3) is 0.250. The van der Waals surface area contributed by atoms with Gasteiger partial charge < -0.3 is 0 Å². The first-order valence-corrected chi connectivity index (χ1v) is 7.77. The van der Waals surface area contributed by atoms with Crippen LogP contribution < -0.4 is 4.72 Å². The van der Waals surface area contributed by atoms with Crippen LogP contribution in [0.15, 0.2) is 26.5 Å². The minimum atomic E-state index is -3.54. The molecule has 2 aromatic heterocycles. The Morgan fingerprint density at radius 3 is 2.88 bits per heavy atom. The van der Waals surface area contributed by atoms with Gasteiger partial charge in [-0.2, -0.15) is 9.82 Å². The normalized spacial score (nSPS) is 13.8. The summed E-state index contributed by atoms with van der Waals surface area (Å²) in [6, 6.07) is 1.23. The number of hydrogen-bond acceptors (Lipinski definition) is 5. The summed E-state index contributed by atoms with van der Waals surface area (Å²) in [4.78, 5) is 3.90. The number of hydrogen-bond donors (Lipinski definition) is 2. The van der Waals surface area contributed by atoms with Crippen molar-refractivity contribution in [2.75, 3.05) is 0 Å². The smallest absolute Gasteiger partial charge is 0.251 e. The number of aromatic nitrogens is 3. The quantitative estimate of drug-likeness (QED) is 0.888. The summed E-state index contributed by atoms with van der Waals surface area (Å²) in [5.74, 6) is 0.473. The van der Waals surface area contributed by atoms with Crippen LogP contribution in [0.4, 0.5) is 0 Å². The number of nitrogens with one attached hydrogen (secondary N) is 2. The Morgan fingerprint density at radius 2 is 2.35 bits per heavy atom. The van der Waals surface area contributed by atoms with Gasteiger partial charge in [0.2, 0.25) is 0 Å². The molecule has 92 valence electrons. The number of sulfonamides is 1. The summed E-state index contributed by atoms with van der Waals surface area (Å²) in [6.07, 6.45) is 1.33. The Balaban J connectivity index is 2.22. The van der Waals surface area contributed by atoms with Crippen molar-refractivity contribution in [2.24, 2.45) is 0 Å². The van der Waals surface area contributed by atoms with Crippen molar-refractivity contribution in [1.82, 2.24) is 19.9 Å². The highest BCUT2D eigenvalue weighted by Gasteiger charge is 2.23. The lowest BCUT2D eigenvalue weighted by molar-refractivity contribution is 0.562. The summed E-state index contributed by atoms with van der Waals surface area (Å²) in [5, 5.41) is 8.01. The monoisotopic (exact) mass is 336 g/mol. The fourth-order valence-electron chi connectivity index (χ4n) is 1.24. The van der Waals surface area contributed by atoms with Crippen LogP contribution in [0.25, 0.3) is 0 Å². The molecule has 1 unspecified atom stereocenters. The predicted molar refractivity (Wildman–Crippen MR) is 67.1 cm³/mol. The van der Waals surface area contributed by atoms with Gasteiger partial charge in [-0.15, -0.1) is 11.3 Å². The van der Waals surface area contributed by atoms with Crippen LogP contribution in [0.3, 0.4) is 0 Å². The molecule has 0 aliphatic heterocycles. The Hall–Kier alpha value is -0.770. The van der Waals surface area contributed by atoms with Crippen LogP contribution in [-0.4, -0.2) is 23.6 Å². The molecule has 0 aromatic carbocycles. The van der Waals surface area contributed by atoms with Gasteiger partial charge in [-0.1, -0.05) is 0 Å². The van der Waals surface area contributed by atoms with Crippen molar-refractivity contribution in [3.8, 4) is 0 Å². The van der Waals surface area contributed by atoms with Crippen LogP contribution in [0.1, 0.15) is 18.8 Å². The summed E-state index contributed by atoms with van der Waals surface area (Å²) in [5.41, 5.74) is 0. The van der Waals surface area contributed by atoms with E-state index in [9.17, 15) is 8.42 Å². The molecule has 2 aromatic rings. The van der Waals surface area contributed by atoms with Gasteiger partial charge in [-0.25, -0.2) is 13.4 Å². The number of H-pyrrole nitrogens is 1. The molecule has 6 nitrogen and oxygen atoms in total. The van der Waals surface area contributed by atoms with E-state index in [1.807, 2.05) is 0 Å². The lowest BCUT2D eigenvalue weighted by Crippen LogP contribution is -2.27. The first-order valence-electron chi connectivity index (χ1n) is 4.61. The van der Waals surface area contributed by atoms with Crippen LogP contribution in [-0.2, 0) is 10.0 Å². The van der Waals surface area contributed by atoms with Gasteiger partial charge in [0.25, 0.3) is 10.0 Å². The predicted octanol–water partition coefficient (Wildman–Crippen LogP) is 1.67. The molecule has 0 radical (unpaired) electrons. The number of rotatable bonds is 4. The van der Waals surface area contributed by atoms with Crippen LogP contribution in [0.2, 0.25) is 0 Å². The van der Waals surface area contributed by atoms with E-state index in [0.717, 1.165) is 11.3 Å². The van der Waals surface area contributed by atoms with E-state index < -0.39 is 16.1 Å². The molecule has 2 heterocycles. The zero-order chi connectivity index (χ0) is 12.5. The molecule has 9 heteroatoms. The molecule has 0 amide bonds. The van der Waals surface area contributed by atoms with Crippen molar-refractivity contribution >= 4 is 37.3 Å². The molecule has 0 spiro atoms. The van der Waals surface area contributed by atoms with Gasteiger partial charge >= 0.3 is 0 Å². The zero-order valence-corrected chi connectivity index (χ0v) is 11.9. The second-order valence-electron chi connectivity index (χ2n) is 3.27. The third-order valence-corrected chi connectivity index (χ3v) is 6.21. The summed E-state index contributed by atoms with van der Waals surface area (Å²) in [7, 11) is -3.54. The second kappa shape index (κ2) is 4.84. The van der Waals surface area contributed by atoms with Crippen molar-refractivity contribution in [3.63, 3.8) is 0 Å². The van der Waals surface area contributed by atoms with Crippen molar-refractivity contribution in [2.45, 2.75) is 17.2 Å². The molecule has 0 aliphatic rings. The molecular formula is C8H9BrN4O2S2. The maximum absolute atomic E-state index is 12.0. The van der Waals surface area contributed by atoms with Gasteiger partial charge in [0.05, 0.1) is 6.04 Å². The largest absolute Gasteiger partial charge is 0.262 e. The molecular weight excluding hydrogens is 328 g/mol. The lowest BCUT2D eigenvalue weighted by atomic mass is 10.3. The highest BCUT2D eigenvalue weighted by atomic mass is 79.9. The summed E-state index contributed by atoms with van der Waals surface area (Å²) in [6.45, 7) is 1.69. The molecule has 2 rings (SSSR count). The maximum Gasteiger partial charge on any atom is 0.251 e. The van der Waals surface area contributed by atoms with E-state index in [-0.39, 0.29) is 4.21 Å². The minimum absolute atomic E-state index is 0.254. The van der Waals surface area contributed by atoms with E-state index in [0.29, 0.717) is 10.3 Å². The van der Waals surface area contributed by atoms with Crippen LogP contribution in [0, 0.1) is 0 Å². The van der Waals surface area contributed by atoms with Crippen molar-refractivity contribution in [1.29, 1.82) is 0 Å². The Morgan fingerprint density at radius 1 is 1.59 bits per heavy atom. The van der Waals surface area contributed by atoms with Crippen LogP contribution in [0.5, 0.6) is 0 Å². The van der Waals surface area contributed by atoms with Gasteiger partial charge in [-0.3, -0.25) is 5.10 Å². The van der Waals surface area contributed by atoms with E-state index >= 15 is 0 Å². The standard InChI is InChI=1S/C8H9BrN4O2S2/c1-5(7-10-4-11-12-7)13-17(14,15)8-6(9)2-3-16-8/h2-5,13H,1H3,(H,10,11,12). The number of thiophene rings is 1. The zero-order valence-electron chi connectivity index (χ0n) is 8.71. The van der Waals surface area contributed by atoms with Gasteiger partial charge in [0.15, 0.2) is 0 Å². The van der Waals surface area contributed by atoms with Crippen molar-refractivity contribution < 1.29 is 8.42 Å². The number of halogens is 1. The number of aromatic amines is 1. The third-order valence-electron chi connectivity index (χ3n) is 2.00. The molecule has 0 aliphatic carbocycles. The molecule has 0 saturated carbocycles. The Bertz CT molecular complexity index is 593. The molecule has 0 saturated heterocycles. The Kier molecular flexibility index (Phi) is 3.61. The third kappa shape index (κ3) is 2.73. The average Bonchev–Trinajstić information content (AvgIpc) is 2.85. The van der Waals surface area contributed by atoms with Gasteiger partial charge in [0.1, 0.15) is 16.4 Å². The first kappa shape index (κ1) is 12.7. The molecule has 0 fully saturated rings. The molecule has 1 atom stereocenters. The highest BCUT2D eigenvalue weighted by Crippen LogP contribution is 2.28. The lowest BCUT2D eigenvalue weighted by Gasteiger charge is -2.10. The SMILES string of the molecule is CC(NS(=O)(=O)c1sccc1Br)c1ncn[nH]1.